The van der Waals surface area contributed by atoms with Crippen LogP contribution in [0.4, 0.5) is 5.69 Å². The van der Waals surface area contributed by atoms with E-state index in [1.807, 2.05) is 31.2 Å². The number of nitrogens with two attached hydrogens (primary N) is 1. The smallest absolute Gasteiger partial charge is 0.241 e. The standard InChI is InChI=1S/C10H13IN2O/c1-2-8(12)10(14)13-9-6-4-3-5-7(9)11/h3-6,8H,2,12H2,1H3,(H,13,14)/t8-/m1/s1. The molecule has 0 spiro atoms. The first-order valence-electron chi connectivity index (χ1n) is 4.46. The third kappa shape index (κ3) is 2.95. The van der Waals surface area contributed by atoms with Gasteiger partial charge in [-0.2, -0.15) is 0 Å². The van der Waals surface area contributed by atoms with Crippen LogP contribution < -0.4 is 11.1 Å². The molecule has 0 heterocycles. The summed E-state index contributed by atoms with van der Waals surface area (Å²) in [6, 6.07) is 7.19. The average molecular weight is 304 g/mol. The molecule has 3 nitrogen and oxygen atoms in total. The van der Waals surface area contributed by atoms with Crippen LogP contribution in [0.2, 0.25) is 0 Å². The number of carbonyl (C=O) groups excluding carboxylic acids is 1. The molecule has 1 rings (SSSR count). The van der Waals surface area contributed by atoms with E-state index in [-0.39, 0.29) is 5.91 Å². The highest BCUT2D eigenvalue weighted by atomic mass is 127. The minimum absolute atomic E-state index is 0.128. The molecule has 0 saturated heterocycles. The van der Waals surface area contributed by atoms with Gasteiger partial charge in [0, 0.05) is 3.57 Å². The van der Waals surface area contributed by atoms with Crippen molar-refractivity contribution >= 4 is 34.2 Å². The van der Waals surface area contributed by atoms with Crippen molar-refractivity contribution in [3.63, 3.8) is 0 Å². The predicted octanol–water partition coefficient (Wildman–Crippen LogP) is 1.97. The molecule has 0 fully saturated rings. The first-order chi connectivity index (χ1) is 6.65. The van der Waals surface area contributed by atoms with Crippen LogP contribution >= 0.6 is 22.6 Å². The third-order valence-electron chi connectivity index (χ3n) is 1.91. The van der Waals surface area contributed by atoms with Gasteiger partial charge in [0.15, 0.2) is 0 Å². The summed E-state index contributed by atoms with van der Waals surface area (Å²) in [6.45, 7) is 1.89. The van der Waals surface area contributed by atoms with Crippen molar-refractivity contribution in [2.45, 2.75) is 19.4 Å². The highest BCUT2D eigenvalue weighted by Gasteiger charge is 2.11. The van der Waals surface area contributed by atoms with Crippen LogP contribution in [0, 0.1) is 3.57 Å². The van der Waals surface area contributed by atoms with Gasteiger partial charge in [-0.05, 0) is 41.1 Å². The van der Waals surface area contributed by atoms with E-state index < -0.39 is 6.04 Å². The first-order valence-corrected chi connectivity index (χ1v) is 5.54. The fourth-order valence-corrected chi connectivity index (χ4v) is 1.50. The number of hydrogen-bond donors (Lipinski definition) is 2. The Balaban J connectivity index is 2.70. The van der Waals surface area contributed by atoms with E-state index >= 15 is 0 Å². The van der Waals surface area contributed by atoms with Crippen LogP contribution in [-0.4, -0.2) is 11.9 Å². The zero-order valence-electron chi connectivity index (χ0n) is 7.96. The second-order valence-corrected chi connectivity index (χ2v) is 4.15. The molecule has 0 aliphatic rings. The summed E-state index contributed by atoms with van der Waals surface area (Å²) < 4.78 is 1.02. The Labute approximate surface area is 97.2 Å². The maximum atomic E-state index is 11.5. The molecular formula is C10H13IN2O. The van der Waals surface area contributed by atoms with Gasteiger partial charge in [0.2, 0.25) is 5.91 Å². The molecular weight excluding hydrogens is 291 g/mol. The lowest BCUT2D eigenvalue weighted by Crippen LogP contribution is -2.34. The second kappa shape index (κ2) is 5.31. The van der Waals surface area contributed by atoms with Crippen molar-refractivity contribution in [2.24, 2.45) is 5.73 Å². The Morgan fingerprint density at radius 2 is 2.21 bits per heavy atom. The SMILES string of the molecule is CC[C@@H](N)C(=O)Nc1ccccc1I. The highest BCUT2D eigenvalue weighted by molar-refractivity contribution is 14.1. The number of rotatable bonds is 3. The zero-order chi connectivity index (χ0) is 10.6. The van der Waals surface area contributed by atoms with E-state index in [4.69, 9.17) is 5.73 Å². The molecule has 14 heavy (non-hydrogen) atoms. The van der Waals surface area contributed by atoms with Gasteiger partial charge in [-0.15, -0.1) is 0 Å². The van der Waals surface area contributed by atoms with Crippen molar-refractivity contribution in [1.29, 1.82) is 0 Å². The summed E-state index contributed by atoms with van der Waals surface area (Å²) in [4.78, 5) is 11.5. The Morgan fingerprint density at radius 1 is 1.57 bits per heavy atom. The van der Waals surface area contributed by atoms with Crippen molar-refractivity contribution in [1.82, 2.24) is 0 Å². The zero-order valence-corrected chi connectivity index (χ0v) is 10.1. The summed E-state index contributed by atoms with van der Waals surface area (Å²) in [5, 5.41) is 2.79. The third-order valence-corrected chi connectivity index (χ3v) is 2.85. The van der Waals surface area contributed by atoms with E-state index in [2.05, 4.69) is 27.9 Å². The number of carbonyl (C=O) groups is 1. The van der Waals surface area contributed by atoms with Crippen LogP contribution in [0.15, 0.2) is 24.3 Å². The van der Waals surface area contributed by atoms with Crippen LogP contribution in [-0.2, 0) is 4.79 Å². The van der Waals surface area contributed by atoms with Gasteiger partial charge in [0.05, 0.1) is 11.7 Å². The molecule has 0 aromatic heterocycles. The quantitative estimate of drug-likeness (QED) is 0.839. The van der Waals surface area contributed by atoms with Crippen molar-refractivity contribution < 1.29 is 4.79 Å². The summed E-state index contributed by atoms with van der Waals surface area (Å²) in [6.07, 6.45) is 0.648. The van der Waals surface area contributed by atoms with Crippen LogP contribution in [0.25, 0.3) is 0 Å². The van der Waals surface area contributed by atoms with Crippen LogP contribution in [0.5, 0.6) is 0 Å². The first kappa shape index (κ1) is 11.5. The van der Waals surface area contributed by atoms with Crippen LogP contribution in [0.3, 0.4) is 0 Å². The number of para-hydroxylation sites is 1. The maximum absolute atomic E-state index is 11.5. The number of halogens is 1. The Morgan fingerprint density at radius 3 is 2.79 bits per heavy atom. The number of benzene rings is 1. The molecule has 4 heteroatoms. The van der Waals surface area contributed by atoms with Gasteiger partial charge in [-0.3, -0.25) is 4.79 Å². The molecule has 1 aromatic rings. The lowest BCUT2D eigenvalue weighted by Gasteiger charge is -2.10. The summed E-state index contributed by atoms with van der Waals surface area (Å²) in [5.74, 6) is -0.128. The van der Waals surface area contributed by atoms with Crippen molar-refractivity contribution in [3.8, 4) is 0 Å². The Kier molecular flexibility index (Phi) is 4.34. The largest absolute Gasteiger partial charge is 0.324 e. The Hall–Kier alpha value is -0.620. The molecule has 1 aromatic carbocycles. The topological polar surface area (TPSA) is 55.1 Å². The number of anilines is 1. The van der Waals surface area contributed by atoms with Crippen LogP contribution in [0.1, 0.15) is 13.3 Å². The van der Waals surface area contributed by atoms with Gasteiger partial charge in [0.25, 0.3) is 0 Å². The molecule has 0 aliphatic heterocycles. The van der Waals surface area contributed by atoms with Gasteiger partial charge < -0.3 is 11.1 Å². The molecule has 1 amide bonds. The molecule has 76 valence electrons. The molecule has 3 N–H and O–H groups in total. The van der Waals surface area contributed by atoms with Gasteiger partial charge in [-0.1, -0.05) is 19.1 Å². The van der Waals surface area contributed by atoms with Gasteiger partial charge >= 0.3 is 0 Å². The molecule has 0 aliphatic carbocycles. The van der Waals surface area contributed by atoms with E-state index in [1.54, 1.807) is 0 Å². The summed E-state index contributed by atoms with van der Waals surface area (Å²) >= 11 is 2.17. The van der Waals surface area contributed by atoms with Gasteiger partial charge in [-0.25, -0.2) is 0 Å². The Bertz CT molecular complexity index is 328. The molecule has 0 bridgehead atoms. The lowest BCUT2D eigenvalue weighted by atomic mass is 10.2. The lowest BCUT2D eigenvalue weighted by molar-refractivity contribution is -0.117. The fourth-order valence-electron chi connectivity index (χ4n) is 0.973. The molecule has 0 saturated carbocycles. The predicted molar refractivity (Wildman–Crippen MR) is 66.1 cm³/mol. The van der Waals surface area contributed by atoms with E-state index in [0.717, 1.165) is 9.26 Å². The normalized spacial score (nSPS) is 12.2. The van der Waals surface area contributed by atoms with Crippen molar-refractivity contribution in [2.75, 3.05) is 5.32 Å². The molecule has 1 atom stereocenters. The molecule has 0 unspecified atom stereocenters. The van der Waals surface area contributed by atoms with E-state index in [0.29, 0.717) is 6.42 Å². The maximum Gasteiger partial charge on any atom is 0.241 e. The number of hydrogen-bond acceptors (Lipinski definition) is 2. The summed E-state index contributed by atoms with van der Waals surface area (Å²) in [7, 11) is 0. The minimum Gasteiger partial charge on any atom is -0.324 e. The molecule has 0 radical (unpaired) electrons. The monoisotopic (exact) mass is 304 g/mol. The van der Waals surface area contributed by atoms with E-state index in [1.165, 1.54) is 0 Å². The number of nitrogens with one attached hydrogen (secondary N) is 1. The minimum atomic E-state index is -0.425. The van der Waals surface area contributed by atoms with E-state index in [9.17, 15) is 4.79 Å². The number of amides is 1. The average Bonchev–Trinajstić information content (AvgIpc) is 2.20. The highest BCUT2D eigenvalue weighted by Crippen LogP contribution is 2.16. The fraction of sp³-hybridized carbons (Fsp3) is 0.300. The second-order valence-electron chi connectivity index (χ2n) is 2.98. The van der Waals surface area contributed by atoms with Gasteiger partial charge in [0.1, 0.15) is 0 Å². The summed E-state index contributed by atoms with van der Waals surface area (Å²) in [5.41, 5.74) is 6.42. The van der Waals surface area contributed by atoms with Crippen molar-refractivity contribution in [3.05, 3.63) is 27.8 Å².